The molecule has 0 atom stereocenters. The smallest absolute Gasteiger partial charge is 0.267 e. The van der Waals surface area contributed by atoms with Crippen molar-refractivity contribution in [1.82, 2.24) is 19.7 Å². The zero-order chi connectivity index (χ0) is 22.0. The Bertz CT molecular complexity index is 1320. The van der Waals surface area contributed by atoms with Gasteiger partial charge in [-0.25, -0.2) is 23.1 Å². The summed E-state index contributed by atoms with van der Waals surface area (Å²) >= 11 is 1.45. The minimum Gasteiger partial charge on any atom is -0.274 e. The molecule has 158 valence electrons. The van der Waals surface area contributed by atoms with E-state index in [1.54, 1.807) is 7.05 Å². The molecule has 0 saturated heterocycles. The van der Waals surface area contributed by atoms with Gasteiger partial charge in [-0.05, 0) is 43.2 Å². The van der Waals surface area contributed by atoms with Crippen LogP contribution in [0.1, 0.15) is 11.1 Å². The lowest BCUT2D eigenvalue weighted by molar-refractivity contribution is 0.600. The Morgan fingerprint density at radius 2 is 1.68 bits per heavy atom. The predicted molar refractivity (Wildman–Crippen MR) is 122 cm³/mol. The Morgan fingerprint density at radius 1 is 0.968 bits per heavy atom. The summed E-state index contributed by atoms with van der Waals surface area (Å²) in [4.78, 5) is 10.1. The number of rotatable bonds is 6. The van der Waals surface area contributed by atoms with Crippen LogP contribution in [0.3, 0.4) is 0 Å². The topological polar surface area (TPSA) is 89.8 Å². The van der Waals surface area contributed by atoms with Gasteiger partial charge in [0.15, 0.2) is 0 Å². The first kappa shape index (κ1) is 21.1. The van der Waals surface area contributed by atoms with Crippen LogP contribution in [0.25, 0.3) is 11.3 Å². The number of nitrogens with one attached hydrogen (secondary N) is 1. The van der Waals surface area contributed by atoms with Gasteiger partial charge >= 0.3 is 0 Å². The molecular weight excluding hydrogens is 430 g/mol. The fourth-order valence-electron chi connectivity index (χ4n) is 3.20. The zero-order valence-electron chi connectivity index (χ0n) is 17.3. The third-order valence-corrected chi connectivity index (χ3v) is 6.83. The summed E-state index contributed by atoms with van der Waals surface area (Å²) in [6, 6.07) is 17.7. The molecule has 2 aromatic carbocycles. The van der Waals surface area contributed by atoms with Crippen LogP contribution < -0.4 is 4.72 Å². The van der Waals surface area contributed by atoms with Crippen molar-refractivity contribution in [3.05, 3.63) is 78.1 Å². The van der Waals surface area contributed by atoms with Crippen molar-refractivity contribution in [3.63, 3.8) is 0 Å². The number of anilines is 1. The summed E-state index contributed by atoms with van der Waals surface area (Å²) in [6.07, 6.45) is 2.72. The SMILES string of the molecule is Cc1cccc(C)c1-c1cc(Sc2ccccc2)nc(NS(=O)(=O)c2cnn(C)c2)n1. The Balaban J connectivity index is 1.79. The Kier molecular flexibility index (Phi) is 5.79. The zero-order valence-corrected chi connectivity index (χ0v) is 18.9. The van der Waals surface area contributed by atoms with Crippen LogP contribution in [0.5, 0.6) is 0 Å². The Morgan fingerprint density at radius 3 is 2.32 bits per heavy atom. The summed E-state index contributed by atoms with van der Waals surface area (Å²) in [5, 5.41) is 4.58. The maximum Gasteiger partial charge on any atom is 0.267 e. The number of hydrogen-bond acceptors (Lipinski definition) is 6. The van der Waals surface area contributed by atoms with Crippen molar-refractivity contribution in [2.75, 3.05) is 4.72 Å². The second kappa shape index (κ2) is 8.52. The number of nitrogens with zero attached hydrogens (tertiary/aromatic N) is 4. The van der Waals surface area contributed by atoms with Crippen LogP contribution in [0, 0.1) is 13.8 Å². The van der Waals surface area contributed by atoms with E-state index in [0.717, 1.165) is 21.6 Å². The van der Waals surface area contributed by atoms with Gasteiger partial charge in [0.1, 0.15) is 9.92 Å². The van der Waals surface area contributed by atoms with Gasteiger partial charge in [0.25, 0.3) is 10.0 Å². The second-order valence-electron chi connectivity index (χ2n) is 7.05. The first-order valence-electron chi connectivity index (χ1n) is 9.52. The molecule has 0 aliphatic heterocycles. The van der Waals surface area contributed by atoms with E-state index in [-0.39, 0.29) is 10.8 Å². The van der Waals surface area contributed by atoms with Gasteiger partial charge in [0.05, 0.1) is 11.9 Å². The molecule has 0 amide bonds. The van der Waals surface area contributed by atoms with Gasteiger partial charge in [0.2, 0.25) is 5.95 Å². The van der Waals surface area contributed by atoms with E-state index < -0.39 is 10.0 Å². The van der Waals surface area contributed by atoms with Crippen molar-refractivity contribution >= 4 is 27.7 Å². The molecule has 2 heterocycles. The third kappa shape index (κ3) is 4.78. The van der Waals surface area contributed by atoms with Gasteiger partial charge < -0.3 is 0 Å². The molecule has 4 rings (SSSR count). The van der Waals surface area contributed by atoms with E-state index in [0.29, 0.717) is 10.7 Å². The monoisotopic (exact) mass is 451 g/mol. The molecule has 2 aromatic heterocycles. The van der Waals surface area contributed by atoms with E-state index in [1.165, 1.54) is 28.8 Å². The molecule has 31 heavy (non-hydrogen) atoms. The first-order chi connectivity index (χ1) is 14.8. The van der Waals surface area contributed by atoms with Gasteiger partial charge in [-0.1, -0.05) is 48.2 Å². The molecule has 0 aliphatic carbocycles. The Hall–Kier alpha value is -3.17. The summed E-state index contributed by atoms with van der Waals surface area (Å²) in [6.45, 7) is 4.02. The van der Waals surface area contributed by atoms with E-state index in [4.69, 9.17) is 0 Å². The van der Waals surface area contributed by atoms with Crippen molar-refractivity contribution in [3.8, 4) is 11.3 Å². The molecule has 0 fully saturated rings. The molecule has 7 nitrogen and oxygen atoms in total. The molecule has 0 saturated carbocycles. The van der Waals surface area contributed by atoms with Crippen molar-refractivity contribution in [1.29, 1.82) is 0 Å². The highest BCUT2D eigenvalue weighted by Gasteiger charge is 2.20. The highest BCUT2D eigenvalue weighted by atomic mass is 32.2. The number of sulfonamides is 1. The van der Waals surface area contributed by atoms with Crippen LogP contribution in [-0.2, 0) is 17.1 Å². The molecule has 0 unspecified atom stereocenters. The maximum atomic E-state index is 12.8. The number of hydrogen-bond donors (Lipinski definition) is 1. The molecular formula is C22H21N5O2S2. The van der Waals surface area contributed by atoms with Gasteiger partial charge in [-0.3, -0.25) is 4.68 Å². The number of aryl methyl sites for hydroxylation is 3. The maximum absolute atomic E-state index is 12.8. The van der Waals surface area contributed by atoms with Crippen LogP contribution in [0.2, 0.25) is 0 Å². The highest BCUT2D eigenvalue weighted by Crippen LogP contribution is 2.32. The predicted octanol–water partition coefficient (Wildman–Crippen LogP) is 4.45. The normalized spacial score (nSPS) is 11.5. The third-order valence-electron chi connectivity index (χ3n) is 4.62. The molecule has 0 radical (unpaired) electrons. The molecule has 0 bridgehead atoms. The fourth-order valence-corrected chi connectivity index (χ4v) is 4.96. The standard InChI is InChI=1S/C22H21N5O2S2/c1-15-8-7-9-16(2)21(15)19-12-20(30-17-10-5-4-6-11-17)25-22(24-19)26-31(28,29)18-13-23-27(3)14-18/h4-14H,1-3H3,(H,24,25,26). The molecule has 1 N–H and O–H groups in total. The first-order valence-corrected chi connectivity index (χ1v) is 11.8. The second-order valence-corrected chi connectivity index (χ2v) is 9.83. The number of aromatic nitrogens is 4. The molecule has 9 heteroatoms. The quantitative estimate of drug-likeness (QED) is 0.436. The van der Waals surface area contributed by atoms with Crippen molar-refractivity contribution in [2.24, 2.45) is 7.05 Å². The van der Waals surface area contributed by atoms with Crippen LogP contribution in [0.4, 0.5) is 5.95 Å². The van der Waals surface area contributed by atoms with E-state index >= 15 is 0 Å². The van der Waals surface area contributed by atoms with Gasteiger partial charge in [-0.15, -0.1) is 0 Å². The summed E-state index contributed by atoms with van der Waals surface area (Å²) in [5.41, 5.74) is 3.72. The average Bonchev–Trinajstić information content (AvgIpc) is 3.16. The van der Waals surface area contributed by atoms with Crippen molar-refractivity contribution in [2.45, 2.75) is 28.7 Å². The van der Waals surface area contributed by atoms with Crippen LogP contribution >= 0.6 is 11.8 Å². The molecule has 0 aliphatic rings. The molecule has 4 aromatic rings. The van der Waals surface area contributed by atoms with Crippen molar-refractivity contribution < 1.29 is 8.42 Å². The lowest BCUT2D eigenvalue weighted by Crippen LogP contribution is -2.15. The molecule has 0 spiro atoms. The summed E-state index contributed by atoms with van der Waals surface area (Å²) in [7, 11) is -2.21. The lowest BCUT2D eigenvalue weighted by Gasteiger charge is -2.13. The summed E-state index contributed by atoms with van der Waals surface area (Å²) < 4.78 is 29.6. The van der Waals surface area contributed by atoms with Crippen LogP contribution in [-0.4, -0.2) is 28.2 Å². The lowest BCUT2D eigenvalue weighted by atomic mass is 10.00. The van der Waals surface area contributed by atoms with Gasteiger partial charge in [0, 0.05) is 23.7 Å². The largest absolute Gasteiger partial charge is 0.274 e. The van der Waals surface area contributed by atoms with E-state index in [9.17, 15) is 8.42 Å². The van der Waals surface area contributed by atoms with E-state index in [2.05, 4.69) is 19.8 Å². The van der Waals surface area contributed by atoms with Crippen LogP contribution in [0.15, 0.2) is 81.8 Å². The van der Waals surface area contributed by atoms with E-state index in [1.807, 2.05) is 68.4 Å². The number of benzene rings is 2. The average molecular weight is 452 g/mol. The Labute approximate surface area is 185 Å². The minimum atomic E-state index is -3.87. The minimum absolute atomic E-state index is 0.0161. The van der Waals surface area contributed by atoms with Gasteiger partial charge in [-0.2, -0.15) is 5.10 Å². The fraction of sp³-hybridized carbons (Fsp3) is 0.136. The summed E-state index contributed by atoms with van der Waals surface area (Å²) in [5.74, 6) is 0.0161. The highest BCUT2D eigenvalue weighted by molar-refractivity contribution is 7.99.